The summed E-state index contributed by atoms with van der Waals surface area (Å²) in [7, 11) is 0. The summed E-state index contributed by atoms with van der Waals surface area (Å²) in [4.78, 5) is 6.15. The third-order valence-corrected chi connectivity index (χ3v) is 5.65. The Balaban J connectivity index is 1.58. The van der Waals surface area contributed by atoms with Crippen molar-refractivity contribution in [3.05, 3.63) is 51.7 Å². The van der Waals surface area contributed by atoms with Gasteiger partial charge in [-0.3, -0.25) is 0 Å². The molecule has 1 saturated heterocycles. The molecule has 1 fully saturated rings. The van der Waals surface area contributed by atoms with E-state index in [1.165, 1.54) is 10.4 Å². The van der Waals surface area contributed by atoms with Crippen LogP contribution < -0.4 is 15.4 Å². The fraction of sp³-hybridized carbons (Fsp3) is 0.500. The van der Waals surface area contributed by atoms with E-state index in [1.54, 1.807) is 11.3 Å². The van der Waals surface area contributed by atoms with Gasteiger partial charge in [0.25, 0.3) is 0 Å². The highest BCUT2D eigenvalue weighted by molar-refractivity contribution is 7.09. The molecular formula is C22H31N3O2S. The Morgan fingerprint density at radius 3 is 3.00 bits per heavy atom. The van der Waals surface area contributed by atoms with Gasteiger partial charge in [-0.25, -0.2) is 4.99 Å². The lowest BCUT2D eigenvalue weighted by Gasteiger charge is -2.15. The van der Waals surface area contributed by atoms with Gasteiger partial charge in [0.15, 0.2) is 5.96 Å². The summed E-state index contributed by atoms with van der Waals surface area (Å²) in [5.74, 6) is 2.27. The van der Waals surface area contributed by atoms with Gasteiger partial charge in [0, 0.05) is 36.1 Å². The number of hydrogen-bond acceptors (Lipinski definition) is 4. The van der Waals surface area contributed by atoms with Crippen LogP contribution in [0.5, 0.6) is 5.75 Å². The van der Waals surface area contributed by atoms with Crippen LogP contribution in [0.2, 0.25) is 0 Å². The second kappa shape index (κ2) is 11.1. The van der Waals surface area contributed by atoms with Crippen molar-refractivity contribution in [3.8, 4) is 5.75 Å². The number of nitrogens with zero attached hydrogens (tertiary/aromatic N) is 1. The van der Waals surface area contributed by atoms with E-state index in [2.05, 4.69) is 60.2 Å². The molecule has 6 heteroatoms. The maximum Gasteiger partial charge on any atom is 0.191 e. The fourth-order valence-corrected chi connectivity index (χ4v) is 3.82. The van der Waals surface area contributed by atoms with Gasteiger partial charge in [-0.2, -0.15) is 0 Å². The van der Waals surface area contributed by atoms with Crippen molar-refractivity contribution < 1.29 is 9.47 Å². The van der Waals surface area contributed by atoms with E-state index >= 15 is 0 Å². The zero-order chi connectivity index (χ0) is 19.6. The van der Waals surface area contributed by atoms with Gasteiger partial charge in [-0.05, 0) is 49.8 Å². The van der Waals surface area contributed by atoms with Crippen molar-refractivity contribution >= 4 is 17.3 Å². The van der Waals surface area contributed by atoms with Crippen molar-refractivity contribution in [2.75, 3.05) is 32.9 Å². The maximum atomic E-state index is 6.14. The van der Waals surface area contributed by atoms with Crippen LogP contribution in [0.25, 0.3) is 0 Å². The largest absolute Gasteiger partial charge is 0.493 e. The molecule has 1 unspecified atom stereocenters. The summed E-state index contributed by atoms with van der Waals surface area (Å²) in [6.45, 7) is 8.83. The minimum atomic E-state index is 0.494. The average Bonchev–Trinajstić information content (AvgIpc) is 3.39. The van der Waals surface area contributed by atoms with Crippen molar-refractivity contribution in [2.45, 2.75) is 33.2 Å². The van der Waals surface area contributed by atoms with Crippen LogP contribution in [0.1, 0.15) is 29.3 Å². The van der Waals surface area contributed by atoms with Crippen LogP contribution in [-0.2, 0) is 17.7 Å². The molecule has 0 spiro atoms. The van der Waals surface area contributed by atoms with E-state index in [4.69, 9.17) is 14.5 Å². The summed E-state index contributed by atoms with van der Waals surface area (Å²) >= 11 is 1.79. The first-order chi connectivity index (χ1) is 13.7. The molecule has 1 aliphatic heterocycles. The molecule has 1 aromatic carbocycles. The smallest absolute Gasteiger partial charge is 0.191 e. The van der Waals surface area contributed by atoms with Gasteiger partial charge in [0.1, 0.15) is 5.75 Å². The number of rotatable bonds is 9. The lowest BCUT2D eigenvalue weighted by molar-refractivity contribution is 0.166. The normalized spacial score (nSPS) is 16.9. The third-order valence-electron chi connectivity index (χ3n) is 4.72. The molecule has 2 N–H and O–H groups in total. The topological polar surface area (TPSA) is 54.9 Å². The van der Waals surface area contributed by atoms with Gasteiger partial charge in [0.05, 0.1) is 19.8 Å². The van der Waals surface area contributed by atoms with Gasteiger partial charge in [-0.15, -0.1) is 11.3 Å². The van der Waals surface area contributed by atoms with Crippen molar-refractivity contribution in [1.29, 1.82) is 0 Å². The minimum absolute atomic E-state index is 0.494. The Morgan fingerprint density at radius 1 is 1.32 bits per heavy atom. The predicted octanol–water partition coefficient (Wildman–Crippen LogP) is 3.77. The third kappa shape index (κ3) is 6.53. The molecule has 1 atom stereocenters. The molecule has 28 heavy (non-hydrogen) atoms. The number of hydrogen-bond donors (Lipinski definition) is 2. The number of aryl methyl sites for hydroxylation is 1. The van der Waals surface area contributed by atoms with Crippen LogP contribution >= 0.6 is 11.3 Å². The zero-order valence-corrected chi connectivity index (χ0v) is 17.7. The van der Waals surface area contributed by atoms with Crippen molar-refractivity contribution in [3.63, 3.8) is 0 Å². The first-order valence-corrected chi connectivity index (χ1v) is 11.0. The molecule has 152 valence electrons. The first kappa shape index (κ1) is 20.7. The minimum Gasteiger partial charge on any atom is -0.493 e. The average molecular weight is 402 g/mol. The summed E-state index contributed by atoms with van der Waals surface area (Å²) in [6, 6.07) is 10.6. The number of benzene rings is 1. The lowest BCUT2D eigenvalue weighted by atomic mass is 10.1. The Hall–Kier alpha value is -2.05. The van der Waals surface area contributed by atoms with E-state index < -0.39 is 0 Å². The number of thiophene rings is 1. The van der Waals surface area contributed by atoms with E-state index in [1.807, 2.05) is 0 Å². The predicted molar refractivity (Wildman–Crippen MR) is 116 cm³/mol. The highest BCUT2D eigenvalue weighted by Crippen LogP contribution is 2.23. The molecule has 1 aliphatic rings. The SMILES string of the molecule is CCNC(=NCc1ccc(C)cc1OCC1CCOC1)NCCc1cccs1. The van der Waals surface area contributed by atoms with E-state index in [0.717, 1.165) is 56.4 Å². The summed E-state index contributed by atoms with van der Waals surface area (Å²) < 4.78 is 11.6. The molecular weight excluding hydrogens is 370 g/mol. The molecule has 0 amide bonds. The molecule has 2 aromatic rings. The van der Waals surface area contributed by atoms with Crippen LogP contribution in [0.15, 0.2) is 40.7 Å². The highest BCUT2D eigenvalue weighted by Gasteiger charge is 2.17. The monoisotopic (exact) mass is 401 g/mol. The Bertz CT molecular complexity index is 740. The second-order valence-electron chi connectivity index (χ2n) is 7.10. The van der Waals surface area contributed by atoms with Gasteiger partial charge in [0.2, 0.25) is 0 Å². The van der Waals surface area contributed by atoms with Crippen LogP contribution in [0.4, 0.5) is 0 Å². The van der Waals surface area contributed by atoms with Crippen LogP contribution in [0, 0.1) is 12.8 Å². The number of nitrogens with one attached hydrogen (secondary N) is 2. The lowest BCUT2D eigenvalue weighted by Crippen LogP contribution is -2.38. The zero-order valence-electron chi connectivity index (χ0n) is 16.9. The number of guanidine groups is 1. The van der Waals surface area contributed by atoms with Gasteiger partial charge >= 0.3 is 0 Å². The molecule has 0 radical (unpaired) electrons. The van der Waals surface area contributed by atoms with Crippen LogP contribution in [-0.4, -0.2) is 38.9 Å². The molecule has 2 heterocycles. The van der Waals surface area contributed by atoms with E-state index in [0.29, 0.717) is 19.1 Å². The summed E-state index contributed by atoms with van der Waals surface area (Å²) in [5, 5.41) is 8.87. The number of aliphatic imine (C=N–C) groups is 1. The summed E-state index contributed by atoms with van der Waals surface area (Å²) in [6.07, 6.45) is 2.09. The molecule has 0 bridgehead atoms. The second-order valence-corrected chi connectivity index (χ2v) is 8.14. The first-order valence-electron chi connectivity index (χ1n) is 10.1. The quantitative estimate of drug-likeness (QED) is 0.496. The van der Waals surface area contributed by atoms with Crippen molar-refractivity contribution in [2.24, 2.45) is 10.9 Å². The Labute approximate surface area is 172 Å². The summed E-state index contributed by atoms with van der Waals surface area (Å²) in [5.41, 5.74) is 2.31. The molecule has 1 aromatic heterocycles. The van der Waals surface area contributed by atoms with Gasteiger partial charge in [-0.1, -0.05) is 18.2 Å². The standard InChI is InChI=1S/C22H31N3O2S/c1-3-23-22(24-10-8-20-5-4-12-28-20)25-14-19-7-6-17(2)13-21(19)27-16-18-9-11-26-15-18/h4-7,12-13,18H,3,8-11,14-16H2,1-2H3,(H2,23,24,25). The number of ether oxygens (including phenoxy) is 2. The van der Waals surface area contributed by atoms with Gasteiger partial charge < -0.3 is 20.1 Å². The molecule has 5 nitrogen and oxygen atoms in total. The Kier molecular flexibility index (Phi) is 8.18. The molecule has 3 rings (SSSR count). The Morgan fingerprint density at radius 2 is 2.25 bits per heavy atom. The fourth-order valence-electron chi connectivity index (χ4n) is 3.11. The maximum absolute atomic E-state index is 6.14. The van der Waals surface area contributed by atoms with E-state index in [9.17, 15) is 0 Å². The van der Waals surface area contributed by atoms with Crippen LogP contribution in [0.3, 0.4) is 0 Å². The van der Waals surface area contributed by atoms with E-state index in [-0.39, 0.29) is 0 Å². The highest BCUT2D eigenvalue weighted by atomic mass is 32.1. The molecule has 0 saturated carbocycles. The van der Waals surface area contributed by atoms with Crippen molar-refractivity contribution in [1.82, 2.24) is 10.6 Å². The molecule has 0 aliphatic carbocycles.